The third-order valence-corrected chi connectivity index (χ3v) is 4.44. The summed E-state index contributed by atoms with van der Waals surface area (Å²) in [6.45, 7) is 4.62. The lowest BCUT2D eigenvalue weighted by Gasteiger charge is -2.21. The summed E-state index contributed by atoms with van der Waals surface area (Å²) in [6.07, 6.45) is 4.41. The molecule has 0 aromatic carbocycles. The lowest BCUT2D eigenvalue weighted by molar-refractivity contribution is 0.0514. The Morgan fingerprint density at radius 1 is 1.61 bits per heavy atom. The van der Waals surface area contributed by atoms with Gasteiger partial charge in [-0.25, -0.2) is 0 Å². The summed E-state index contributed by atoms with van der Waals surface area (Å²) in [7, 11) is 0. The Kier molecular flexibility index (Phi) is 5.20. The van der Waals surface area contributed by atoms with Gasteiger partial charge in [-0.05, 0) is 37.7 Å². The topological polar surface area (TPSA) is 38.3 Å². The third kappa shape index (κ3) is 3.82. The fourth-order valence-corrected chi connectivity index (χ4v) is 3.03. The van der Waals surface area contributed by atoms with Crippen LogP contribution in [0.3, 0.4) is 0 Å². The Bertz CT molecular complexity index is 383. The molecule has 2 rings (SSSR count). The van der Waals surface area contributed by atoms with Crippen LogP contribution in [0.4, 0.5) is 0 Å². The van der Waals surface area contributed by atoms with Crippen LogP contribution < -0.4 is 5.32 Å². The van der Waals surface area contributed by atoms with Crippen molar-refractivity contribution in [3.05, 3.63) is 21.9 Å². The van der Waals surface area contributed by atoms with Crippen LogP contribution in [0.2, 0.25) is 0 Å². The number of carbonyl (C=O) groups is 1. The van der Waals surface area contributed by atoms with E-state index in [0.29, 0.717) is 5.92 Å². The number of hydrogen-bond acceptors (Lipinski definition) is 3. The largest absolute Gasteiger partial charge is 0.381 e. The second kappa shape index (κ2) is 6.90. The van der Waals surface area contributed by atoms with Crippen molar-refractivity contribution in [3.8, 4) is 0 Å². The van der Waals surface area contributed by atoms with E-state index in [0.717, 1.165) is 44.6 Å². The van der Waals surface area contributed by atoms with E-state index < -0.39 is 0 Å². The van der Waals surface area contributed by atoms with Crippen molar-refractivity contribution in [3.63, 3.8) is 0 Å². The summed E-state index contributed by atoms with van der Waals surface area (Å²) in [5.41, 5.74) is 0.803. The van der Waals surface area contributed by atoms with Gasteiger partial charge < -0.3 is 10.1 Å². The first-order chi connectivity index (χ1) is 8.79. The maximum absolute atomic E-state index is 11.9. The van der Waals surface area contributed by atoms with E-state index in [1.54, 1.807) is 11.3 Å². The second-order valence-electron chi connectivity index (χ2n) is 4.78. The molecule has 18 heavy (non-hydrogen) atoms. The van der Waals surface area contributed by atoms with Crippen molar-refractivity contribution in [1.82, 2.24) is 5.32 Å². The van der Waals surface area contributed by atoms with Gasteiger partial charge in [0.25, 0.3) is 5.91 Å². The normalized spacial score (nSPS) is 19.7. The minimum absolute atomic E-state index is 0.0580. The average Bonchev–Trinajstić information content (AvgIpc) is 2.89. The molecule has 1 N–H and O–H groups in total. The van der Waals surface area contributed by atoms with Crippen LogP contribution in [-0.2, 0) is 11.2 Å². The van der Waals surface area contributed by atoms with E-state index in [2.05, 4.69) is 12.2 Å². The summed E-state index contributed by atoms with van der Waals surface area (Å²) < 4.78 is 5.43. The number of amides is 1. The molecule has 1 aliphatic rings. The van der Waals surface area contributed by atoms with Gasteiger partial charge in [0.1, 0.15) is 0 Å². The standard InChI is InChI=1S/C14H21NO2S/c1-2-13-8-12(10-18-13)14(16)15-6-5-11-4-3-7-17-9-11/h8,10-11H,2-7,9H2,1H3,(H,15,16)/t11-/m0/s1. The number of aryl methyl sites for hydroxylation is 1. The summed E-state index contributed by atoms with van der Waals surface area (Å²) in [5, 5.41) is 4.94. The molecule has 1 aromatic heterocycles. The molecule has 1 aromatic rings. The zero-order chi connectivity index (χ0) is 12.8. The number of nitrogens with one attached hydrogen (secondary N) is 1. The van der Waals surface area contributed by atoms with E-state index in [9.17, 15) is 4.79 Å². The second-order valence-corrected chi connectivity index (χ2v) is 5.78. The summed E-state index contributed by atoms with van der Waals surface area (Å²) >= 11 is 1.66. The van der Waals surface area contributed by atoms with Crippen molar-refractivity contribution in [2.75, 3.05) is 19.8 Å². The molecule has 0 aliphatic carbocycles. The lowest BCUT2D eigenvalue weighted by atomic mass is 9.99. The molecular weight excluding hydrogens is 246 g/mol. The molecule has 1 fully saturated rings. The van der Waals surface area contributed by atoms with E-state index in [1.165, 1.54) is 11.3 Å². The molecule has 1 saturated heterocycles. The quantitative estimate of drug-likeness (QED) is 0.891. The van der Waals surface area contributed by atoms with Gasteiger partial charge in [-0.3, -0.25) is 4.79 Å². The summed E-state index contributed by atoms with van der Waals surface area (Å²) in [6, 6.07) is 1.99. The number of hydrogen-bond donors (Lipinski definition) is 1. The predicted molar refractivity (Wildman–Crippen MR) is 74.2 cm³/mol. The Balaban J connectivity index is 1.70. The summed E-state index contributed by atoms with van der Waals surface area (Å²) in [4.78, 5) is 13.1. The van der Waals surface area contributed by atoms with Crippen LogP contribution in [0.1, 0.15) is 41.4 Å². The van der Waals surface area contributed by atoms with Gasteiger partial charge >= 0.3 is 0 Å². The molecule has 0 unspecified atom stereocenters. The van der Waals surface area contributed by atoms with Crippen molar-refractivity contribution in [1.29, 1.82) is 0 Å². The molecule has 0 saturated carbocycles. The number of carbonyl (C=O) groups excluding carboxylic acids is 1. The van der Waals surface area contributed by atoms with Crippen LogP contribution in [0.25, 0.3) is 0 Å². The molecular formula is C14H21NO2S. The number of rotatable bonds is 5. The minimum Gasteiger partial charge on any atom is -0.381 e. The first-order valence-corrected chi connectivity index (χ1v) is 7.61. The van der Waals surface area contributed by atoms with E-state index >= 15 is 0 Å². The highest BCUT2D eigenvalue weighted by atomic mass is 32.1. The van der Waals surface area contributed by atoms with Gasteiger partial charge in [-0.15, -0.1) is 11.3 Å². The van der Waals surface area contributed by atoms with Crippen LogP contribution >= 0.6 is 11.3 Å². The maximum atomic E-state index is 11.9. The third-order valence-electron chi connectivity index (χ3n) is 3.36. The van der Waals surface area contributed by atoms with Crippen molar-refractivity contribution in [2.45, 2.75) is 32.6 Å². The Labute approximate surface area is 113 Å². The van der Waals surface area contributed by atoms with E-state index in [4.69, 9.17) is 4.74 Å². The highest BCUT2D eigenvalue weighted by Gasteiger charge is 2.14. The number of ether oxygens (including phenoxy) is 1. The molecule has 0 bridgehead atoms. The van der Waals surface area contributed by atoms with Crippen LogP contribution in [-0.4, -0.2) is 25.7 Å². The molecule has 2 heterocycles. The monoisotopic (exact) mass is 267 g/mol. The van der Waals surface area contributed by atoms with Gasteiger partial charge in [-0.2, -0.15) is 0 Å². The Morgan fingerprint density at radius 2 is 2.50 bits per heavy atom. The molecule has 100 valence electrons. The van der Waals surface area contributed by atoms with Crippen LogP contribution in [0.5, 0.6) is 0 Å². The van der Waals surface area contributed by atoms with E-state index in [-0.39, 0.29) is 5.91 Å². The lowest BCUT2D eigenvalue weighted by Crippen LogP contribution is -2.27. The SMILES string of the molecule is CCc1cc(C(=O)NCC[C@@H]2CCCOC2)cs1. The first-order valence-electron chi connectivity index (χ1n) is 6.73. The van der Waals surface area contributed by atoms with Gasteiger partial charge in [0.05, 0.1) is 5.56 Å². The van der Waals surface area contributed by atoms with Crippen molar-refractivity contribution >= 4 is 17.2 Å². The van der Waals surface area contributed by atoms with Gasteiger partial charge in [-0.1, -0.05) is 6.92 Å². The fourth-order valence-electron chi connectivity index (χ4n) is 2.21. The van der Waals surface area contributed by atoms with Gasteiger partial charge in [0.15, 0.2) is 0 Å². The highest BCUT2D eigenvalue weighted by molar-refractivity contribution is 7.10. The maximum Gasteiger partial charge on any atom is 0.252 e. The van der Waals surface area contributed by atoms with Crippen molar-refractivity contribution in [2.24, 2.45) is 5.92 Å². The smallest absolute Gasteiger partial charge is 0.252 e. The molecule has 1 amide bonds. The molecule has 0 spiro atoms. The molecule has 1 aliphatic heterocycles. The van der Waals surface area contributed by atoms with Crippen molar-refractivity contribution < 1.29 is 9.53 Å². The predicted octanol–water partition coefficient (Wildman–Crippen LogP) is 2.86. The van der Waals surface area contributed by atoms with Gasteiger partial charge in [0.2, 0.25) is 0 Å². The van der Waals surface area contributed by atoms with E-state index in [1.807, 2.05) is 11.4 Å². The van der Waals surface area contributed by atoms with Gasteiger partial charge in [0, 0.05) is 30.0 Å². The van der Waals surface area contributed by atoms with Crippen LogP contribution in [0, 0.1) is 5.92 Å². The molecule has 3 nitrogen and oxygen atoms in total. The molecule has 4 heteroatoms. The Morgan fingerprint density at radius 3 is 3.17 bits per heavy atom. The Hall–Kier alpha value is -0.870. The minimum atomic E-state index is 0.0580. The zero-order valence-electron chi connectivity index (χ0n) is 10.9. The summed E-state index contributed by atoms with van der Waals surface area (Å²) in [5.74, 6) is 0.676. The van der Waals surface area contributed by atoms with Crippen LogP contribution in [0.15, 0.2) is 11.4 Å². The highest BCUT2D eigenvalue weighted by Crippen LogP contribution is 2.17. The average molecular weight is 267 g/mol. The fraction of sp³-hybridized carbons (Fsp3) is 0.643. The molecule has 0 radical (unpaired) electrons. The first kappa shape index (κ1) is 13.6. The number of thiophene rings is 1. The molecule has 1 atom stereocenters. The zero-order valence-corrected chi connectivity index (χ0v) is 11.7.